The third kappa shape index (κ3) is 3.30. The Morgan fingerprint density at radius 3 is 2.71 bits per heavy atom. The number of hydrogen-bond donors (Lipinski definition) is 2. The molecule has 0 radical (unpaired) electrons. The van der Waals surface area contributed by atoms with E-state index in [4.69, 9.17) is 0 Å². The van der Waals surface area contributed by atoms with Gasteiger partial charge >= 0.3 is 0 Å². The molecule has 0 saturated heterocycles. The fourth-order valence-corrected chi connectivity index (χ4v) is 2.58. The average molecular weight is 233 g/mol. The number of aliphatic hydroxyl groups is 1. The number of rotatable bonds is 4. The fraction of sp³-hybridized carbons (Fsp3) is 0.600. The van der Waals surface area contributed by atoms with Gasteiger partial charge in [0.25, 0.3) is 0 Å². The summed E-state index contributed by atoms with van der Waals surface area (Å²) < 4.78 is 0. The van der Waals surface area contributed by atoms with Crippen LogP contribution in [0.1, 0.15) is 31.4 Å². The average Bonchev–Trinajstić information content (AvgIpc) is 2.35. The first-order chi connectivity index (χ1) is 8.16. The van der Waals surface area contributed by atoms with Gasteiger partial charge in [0.05, 0.1) is 6.10 Å². The topological polar surface area (TPSA) is 32.3 Å². The summed E-state index contributed by atoms with van der Waals surface area (Å²) in [5.74, 6) is 0.413. The minimum Gasteiger partial charge on any atom is -0.392 e. The Labute approximate surface area is 104 Å². The molecule has 1 aromatic rings. The standard InChI is InChI=1S/C15H23NO/c1-11(2)16-10-15(17)14-8-7-12-5-3-4-6-13(12)9-14/h3-6,11,14-17H,7-10H2,1-2H3/t14-,15+/m0/s1. The Kier molecular flexibility index (Phi) is 4.19. The molecule has 2 heteroatoms. The number of nitrogens with one attached hydrogen (secondary N) is 1. The lowest BCUT2D eigenvalue weighted by Gasteiger charge is -2.29. The van der Waals surface area contributed by atoms with Gasteiger partial charge in [-0.05, 0) is 36.3 Å². The molecule has 0 aliphatic heterocycles. The lowest BCUT2D eigenvalue weighted by atomic mass is 9.81. The first-order valence-corrected chi connectivity index (χ1v) is 6.65. The van der Waals surface area contributed by atoms with Gasteiger partial charge in [0.1, 0.15) is 0 Å². The van der Waals surface area contributed by atoms with Crippen molar-refractivity contribution in [3.63, 3.8) is 0 Å². The molecule has 2 rings (SSSR count). The zero-order valence-corrected chi connectivity index (χ0v) is 10.8. The van der Waals surface area contributed by atoms with Crippen LogP contribution in [-0.2, 0) is 12.8 Å². The molecular formula is C15H23NO. The van der Waals surface area contributed by atoms with Crippen molar-refractivity contribution >= 4 is 0 Å². The second-order valence-corrected chi connectivity index (χ2v) is 5.40. The van der Waals surface area contributed by atoms with Crippen molar-refractivity contribution < 1.29 is 5.11 Å². The van der Waals surface area contributed by atoms with Crippen molar-refractivity contribution in [3.05, 3.63) is 35.4 Å². The summed E-state index contributed by atoms with van der Waals surface area (Å²) in [6, 6.07) is 9.06. The second kappa shape index (κ2) is 5.65. The second-order valence-electron chi connectivity index (χ2n) is 5.40. The highest BCUT2D eigenvalue weighted by Crippen LogP contribution is 2.27. The minimum absolute atomic E-state index is 0.217. The summed E-state index contributed by atoms with van der Waals surface area (Å²) in [6.45, 7) is 4.94. The lowest BCUT2D eigenvalue weighted by molar-refractivity contribution is 0.0960. The Hall–Kier alpha value is -0.860. The molecule has 1 aliphatic carbocycles. The van der Waals surface area contributed by atoms with Gasteiger partial charge < -0.3 is 10.4 Å². The predicted octanol–water partition coefficient (Wildman–Crippen LogP) is 2.15. The molecule has 2 N–H and O–H groups in total. The van der Waals surface area contributed by atoms with E-state index in [0.29, 0.717) is 18.5 Å². The molecule has 94 valence electrons. The molecule has 0 spiro atoms. The third-order valence-electron chi connectivity index (χ3n) is 3.66. The van der Waals surface area contributed by atoms with Crippen LogP contribution in [0.15, 0.2) is 24.3 Å². The van der Waals surface area contributed by atoms with Gasteiger partial charge in [0, 0.05) is 12.6 Å². The van der Waals surface area contributed by atoms with E-state index in [1.54, 1.807) is 0 Å². The van der Waals surface area contributed by atoms with Gasteiger partial charge in [-0.1, -0.05) is 38.1 Å². The van der Waals surface area contributed by atoms with Crippen LogP contribution in [-0.4, -0.2) is 23.8 Å². The van der Waals surface area contributed by atoms with Gasteiger partial charge in [0.15, 0.2) is 0 Å². The SMILES string of the molecule is CC(C)NC[C@@H](O)[C@H]1CCc2ccccc2C1. The summed E-state index contributed by atoms with van der Waals surface area (Å²) >= 11 is 0. The van der Waals surface area contributed by atoms with Crippen LogP contribution >= 0.6 is 0 Å². The molecule has 0 unspecified atom stereocenters. The zero-order chi connectivity index (χ0) is 12.3. The van der Waals surface area contributed by atoms with Crippen molar-refractivity contribution in [2.24, 2.45) is 5.92 Å². The largest absolute Gasteiger partial charge is 0.392 e. The van der Waals surface area contributed by atoms with E-state index in [2.05, 4.69) is 43.4 Å². The monoisotopic (exact) mass is 233 g/mol. The molecule has 1 aromatic carbocycles. The molecule has 2 nitrogen and oxygen atoms in total. The molecular weight excluding hydrogens is 210 g/mol. The lowest BCUT2D eigenvalue weighted by Crippen LogP contribution is -2.38. The number of benzene rings is 1. The van der Waals surface area contributed by atoms with E-state index in [0.717, 1.165) is 19.3 Å². The maximum Gasteiger partial charge on any atom is 0.0696 e. The van der Waals surface area contributed by atoms with Crippen LogP contribution in [0, 0.1) is 5.92 Å². The van der Waals surface area contributed by atoms with Crippen LogP contribution < -0.4 is 5.32 Å². The van der Waals surface area contributed by atoms with Crippen molar-refractivity contribution in [2.75, 3.05) is 6.54 Å². The Balaban J connectivity index is 1.93. The minimum atomic E-state index is -0.217. The van der Waals surface area contributed by atoms with E-state index in [-0.39, 0.29) is 6.10 Å². The summed E-state index contributed by atoms with van der Waals surface area (Å²) in [5.41, 5.74) is 2.89. The van der Waals surface area contributed by atoms with E-state index >= 15 is 0 Å². The maximum atomic E-state index is 10.2. The van der Waals surface area contributed by atoms with Crippen LogP contribution in [0.3, 0.4) is 0 Å². The van der Waals surface area contributed by atoms with Gasteiger partial charge in [-0.2, -0.15) is 0 Å². The molecule has 0 bridgehead atoms. The van der Waals surface area contributed by atoms with Crippen molar-refractivity contribution in [2.45, 2.75) is 45.3 Å². The normalized spacial score (nSPS) is 21.3. The number of fused-ring (bicyclic) bond motifs is 1. The summed E-state index contributed by atoms with van der Waals surface area (Å²) in [4.78, 5) is 0. The maximum absolute atomic E-state index is 10.2. The van der Waals surface area contributed by atoms with Crippen LogP contribution in [0.2, 0.25) is 0 Å². The van der Waals surface area contributed by atoms with Crippen LogP contribution in [0.25, 0.3) is 0 Å². The van der Waals surface area contributed by atoms with Crippen molar-refractivity contribution in [1.29, 1.82) is 0 Å². The quantitative estimate of drug-likeness (QED) is 0.835. The Morgan fingerprint density at radius 1 is 1.29 bits per heavy atom. The van der Waals surface area contributed by atoms with E-state index in [9.17, 15) is 5.11 Å². The molecule has 0 fully saturated rings. The van der Waals surface area contributed by atoms with Crippen LogP contribution in [0.5, 0.6) is 0 Å². The van der Waals surface area contributed by atoms with E-state index in [1.807, 2.05) is 0 Å². The first-order valence-electron chi connectivity index (χ1n) is 6.65. The molecule has 2 atom stereocenters. The molecule has 1 aliphatic rings. The van der Waals surface area contributed by atoms with E-state index < -0.39 is 0 Å². The first kappa shape index (κ1) is 12.6. The highest BCUT2D eigenvalue weighted by Gasteiger charge is 2.24. The highest BCUT2D eigenvalue weighted by atomic mass is 16.3. The molecule has 0 aromatic heterocycles. The predicted molar refractivity (Wildman–Crippen MR) is 71.1 cm³/mol. The fourth-order valence-electron chi connectivity index (χ4n) is 2.58. The number of hydrogen-bond acceptors (Lipinski definition) is 2. The Morgan fingerprint density at radius 2 is 2.00 bits per heavy atom. The van der Waals surface area contributed by atoms with Gasteiger partial charge in [-0.25, -0.2) is 0 Å². The van der Waals surface area contributed by atoms with Gasteiger partial charge in [-0.15, -0.1) is 0 Å². The summed E-state index contributed by atoms with van der Waals surface area (Å²) in [6.07, 6.45) is 3.03. The summed E-state index contributed by atoms with van der Waals surface area (Å²) in [5, 5.41) is 13.5. The Bertz CT molecular complexity index is 362. The molecule has 0 heterocycles. The van der Waals surface area contributed by atoms with Gasteiger partial charge in [0.2, 0.25) is 0 Å². The van der Waals surface area contributed by atoms with Crippen molar-refractivity contribution in [1.82, 2.24) is 5.32 Å². The third-order valence-corrected chi connectivity index (χ3v) is 3.66. The van der Waals surface area contributed by atoms with Gasteiger partial charge in [-0.3, -0.25) is 0 Å². The summed E-state index contributed by atoms with van der Waals surface area (Å²) in [7, 11) is 0. The molecule has 17 heavy (non-hydrogen) atoms. The van der Waals surface area contributed by atoms with E-state index in [1.165, 1.54) is 11.1 Å². The number of aliphatic hydroxyl groups excluding tert-OH is 1. The molecule has 0 saturated carbocycles. The highest BCUT2D eigenvalue weighted by molar-refractivity contribution is 5.29. The zero-order valence-electron chi connectivity index (χ0n) is 10.8. The smallest absolute Gasteiger partial charge is 0.0696 e. The van der Waals surface area contributed by atoms with Crippen LogP contribution in [0.4, 0.5) is 0 Å². The van der Waals surface area contributed by atoms with Crippen molar-refractivity contribution in [3.8, 4) is 0 Å². The molecule has 0 amide bonds. The number of aryl methyl sites for hydroxylation is 1.